The van der Waals surface area contributed by atoms with Crippen molar-refractivity contribution in [2.75, 3.05) is 13.1 Å². The van der Waals surface area contributed by atoms with Gasteiger partial charge in [-0.25, -0.2) is 14.3 Å². The van der Waals surface area contributed by atoms with Crippen LogP contribution in [-0.4, -0.2) is 45.0 Å². The van der Waals surface area contributed by atoms with Crippen LogP contribution in [0.3, 0.4) is 0 Å². The number of ether oxygens (including phenoxy) is 1. The first-order valence-corrected chi connectivity index (χ1v) is 6.97. The molecule has 1 fully saturated rings. The molecule has 1 aliphatic rings. The Morgan fingerprint density at radius 3 is 2.75 bits per heavy atom. The highest BCUT2D eigenvalue weighted by Crippen LogP contribution is 2.22. The summed E-state index contributed by atoms with van der Waals surface area (Å²) >= 11 is 0. The van der Waals surface area contributed by atoms with Crippen LogP contribution in [0.25, 0.3) is 0 Å². The minimum absolute atomic E-state index is 0.450. The van der Waals surface area contributed by atoms with Crippen molar-refractivity contribution in [3.63, 3.8) is 0 Å². The lowest BCUT2D eigenvalue weighted by atomic mass is 9.88. The van der Waals surface area contributed by atoms with Crippen molar-refractivity contribution in [1.82, 2.24) is 14.9 Å². The molecule has 0 atom stereocenters. The number of carbonyl (C=O) groups excluding carboxylic acids is 1. The van der Waals surface area contributed by atoms with E-state index >= 15 is 0 Å². The number of hydrogen-bond donors (Lipinski definition) is 2. The van der Waals surface area contributed by atoms with E-state index in [0.717, 1.165) is 13.1 Å². The molecule has 0 bridgehead atoms. The minimum atomic E-state index is -0.724. The zero-order valence-corrected chi connectivity index (χ0v) is 12.3. The van der Waals surface area contributed by atoms with E-state index in [4.69, 9.17) is 4.74 Å². The van der Waals surface area contributed by atoms with Crippen molar-refractivity contribution >= 4 is 6.09 Å². The highest BCUT2D eigenvalue weighted by Gasteiger charge is 2.30. The Kier molecular flexibility index (Phi) is 4.15. The van der Waals surface area contributed by atoms with Gasteiger partial charge >= 0.3 is 6.09 Å². The van der Waals surface area contributed by atoms with Gasteiger partial charge in [0.2, 0.25) is 0 Å². The molecule has 20 heavy (non-hydrogen) atoms. The van der Waals surface area contributed by atoms with Crippen LogP contribution in [0.2, 0.25) is 0 Å². The van der Waals surface area contributed by atoms with Gasteiger partial charge in [0.15, 0.2) is 0 Å². The van der Waals surface area contributed by atoms with Gasteiger partial charge in [0, 0.05) is 12.6 Å². The van der Waals surface area contributed by atoms with Gasteiger partial charge in [0.05, 0.1) is 11.3 Å². The topological polar surface area (TPSA) is 76.4 Å². The van der Waals surface area contributed by atoms with Gasteiger partial charge in [-0.15, -0.1) is 0 Å². The van der Waals surface area contributed by atoms with E-state index < -0.39 is 17.3 Å². The number of carbonyl (C=O) groups is 1. The van der Waals surface area contributed by atoms with Gasteiger partial charge in [-0.3, -0.25) is 0 Å². The molecule has 2 rings (SSSR count). The average Bonchev–Trinajstić information content (AvgIpc) is 2.75. The summed E-state index contributed by atoms with van der Waals surface area (Å²) in [6.07, 6.45) is 4.49. The van der Waals surface area contributed by atoms with Crippen LogP contribution < -0.4 is 5.32 Å². The van der Waals surface area contributed by atoms with Crippen LogP contribution in [0.4, 0.5) is 4.79 Å². The molecule has 0 saturated carbocycles. The lowest BCUT2D eigenvalue weighted by Gasteiger charge is -2.31. The molecule has 6 nitrogen and oxygen atoms in total. The number of rotatable bonds is 2. The first-order valence-electron chi connectivity index (χ1n) is 6.97. The van der Waals surface area contributed by atoms with E-state index in [1.807, 2.05) is 20.8 Å². The molecule has 0 unspecified atom stereocenters. The van der Waals surface area contributed by atoms with Crippen molar-refractivity contribution < 1.29 is 14.6 Å². The first-order chi connectivity index (χ1) is 9.27. The summed E-state index contributed by atoms with van der Waals surface area (Å²) in [5.41, 5.74) is -0.548. The SMILES string of the molecule is CC(C)(C)OC(=O)n1cnc(CC2(O)CCNCC2)c1. The lowest BCUT2D eigenvalue weighted by molar-refractivity contribution is 0.0100. The van der Waals surface area contributed by atoms with Gasteiger partial charge in [0.25, 0.3) is 0 Å². The zero-order chi connectivity index (χ0) is 14.8. The zero-order valence-electron chi connectivity index (χ0n) is 12.3. The monoisotopic (exact) mass is 281 g/mol. The maximum Gasteiger partial charge on any atom is 0.419 e. The van der Waals surface area contributed by atoms with E-state index in [1.165, 1.54) is 10.9 Å². The normalized spacial score (nSPS) is 18.8. The smallest absolute Gasteiger partial charge is 0.419 e. The number of hydrogen-bond acceptors (Lipinski definition) is 5. The Hall–Kier alpha value is -1.40. The Balaban J connectivity index is 2.00. The average molecular weight is 281 g/mol. The number of aromatic nitrogens is 2. The molecule has 1 saturated heterocycles. The van der Waals surface area contributed by atoms with Gasteiger partial charge < -0.3 is 15.2 Å². The third-order valence-electron chi connectivity index (χ3n) is 3.28. The molecule has 1 aliphatic heterocycles. The maximum atomic E-state index is 11.9. The van der Waals surface area contributed by atoms with Crippen LogP contribution in [0.1, 0.15) is 39.3 Å². The molecular formula is C14H23N3O3. The number of aliphatic hydroxyl groups is 1. The maximum absolute atomic E-state index is 11.9. The standard InChI is InChI=1S/C14H23N3O3/c1-13(2,3)20-12(18)17-9-11(16-10-17)8-14(19)4-6-15-7-5-14/h9-10,15,19H,4-8H2,1-3H3. The Bertz CT molecular complexity index is 470. The lowest BCUT2D eigenvalue weighted by Crippen LogP contribution is -2.43. The molecule has 0 amide bonds. The van der Waals surface area contributed by atoms with Crippen molar-refractivity contribution in [2.45, 2.75) is 51.2 Å². The molecule has 0 aliphatic carbocycles. The van der Waals surface area contributed by atoms with Crippen molar-refractivity contribution in [3.05, 3.63) is 18.2 Å². The number of piperidine rings is 1. The van der Waals surface area contributed by atoms with Crippen LogP contribution >= 0.6 is 0 Å². The second kappa shape index (κ2) is 5.54. The molecule has 0 aromatic carbocycles. The number of nitrogens with one attached hydrogen (secondary N) is 1. The highest BCUT2D eigenvalue weighted by molar-refractivity contribution is 5.70. The molecule has 2 heterocycles. The largest absolute Gasteiger partial charge is 0.443 e. The Morgan fingerprint density at radius 1 is 1.50 bits per heavy atom. The second-order valence-corrected chi connectivity index (χ2v) is 6.40. The third-order valence-corrected chi connectivity index (χ3v) is 3.28. The second-order valence-electron chi connectivity index (χ2n) is 6.40. The van der Waals surface area contributed by atoms with E-state index in [9.17, 15) is 9.90 Å². The van der Waals surface area contributed by atoms with Crippen LogP contribution in [0, 0.1) is 0 Å². The molecule has 2 N–H and O–H groups in total. The Morgan fingerprint density at radius 2 is 2.15 bits per heavy atom. The van der Waals surface area contributed by atoms with Crippen molar-refractivity contribution in [2.24, 2.45) is 0 Å². The molecule has 1 aromatic rings. The van der Waals surface area contributed by atoms with Crippen molar-refractivity contribution in [1.29, 1.82) is 0 Å². The summed E-state index contributed by atoms with van der Waals surface area (Å²) in [6, 6.07) is 0. The highest BCUT2D eigenvalue weighted by atomic mass is 16.6. The fraction of sp³-hybridized carbons (Fsp3) is 0.714. The predicted octanol–water partition coefficient (Wildman–Crippen LogP) is 1.32. The summed E-state index contributed by atoms with van der Waals surface area (Å²) in [6.45, 7) is 7.08. The fourth-order valence-electron chi connectivity index (χ4n) is 2.28. The molecule has 112 valence electrons. The molecule has 6 heteroatoms. The number of nitrogens with zero attached hydrogens (tertiary/aromatic N) is 2. The summed E-state index contributed by atoms with van der Waals surface area (Å²) < 4.78 is 6.59. The van der Waals surface area contributed by atoms with Crippen LogP contribution in [0.5, 0.6) is 0 Å². The van der Waals surface area contributed by atoms with Crippen LogP contribution in [-0.2, 0) is 11.2 Å². The predicted molar refractivity (Wildman–Crippen MR) is 74.6 cm³/mol. The Labute approximate surface area is 119 Å². The molecular weight excluding hydrogens is 258 g/mol. The van der Waals surface area contributed by atoms with Gasteiger partial charge in [-0.05, 0) is 46.7 Å². The van der Waals surface area contributed by atoms with E-state index in [0.29, 0.717) is 25.0 Å². The van der Waals surface area contributed by atoms with Gasteiger partial charge in [-0.1, -0.05) is 0 Å². The molecule has 1 aromatic heterocycles. The van der Waals surface area contributed by atoms with Gasteiger partial charge in [-0.2, -0.15) is 0 Å². The summed E-state index contributed by atoms with van der Waals surface area (Å²) in [5, 5.41) is 13.7. The fourth-order valence-corrected chi connectivity index (χ4v) is 2.28. The first kappa shape index (κ1) is 15.0. The molecule has 0 radical (unpaired) electrons. The van der Waals surface area contributed by atoms with Gasteiger partial charge in [0.1, 0.15) is 11.9 Å². The summed E-state index contributed by atoms with van der Waals surface area (Å²) in [4.78, 5) is 16.1. The quantitative estimate of drug-likeness (QED) is 0.855. The van der Waals surface area contributed by atoms with E-state index in [1.54, 1.807) is 6.20 Å². The summed E-state index contributed by atoms with van der Waals surface area (Å²) in [7, 11) is 0. The third kappa shape index (κ3) is 4.05. The summed E-state index contributed by atoms with van der Waals surface area (Å²) in [5.74, 6) is 0. The van der Waals surface area contributed by atoms with Crippen LogP contribution in [0.15, 0.2) is 12.5 Å². The van der Waals surface area contributed by atoms with E-state index in [-0.39, 0.29) is 0 Å². The number of imidazole rings is 1. The van der Waals surface area contributed by atoms with Crippen molar-refractivity contribution in [3.8, 4) is 0 Å². The minimum Gasteiger partial charge on any atom is -0.443 e. The van der Waals surface area contributed by atoms with E-state index in [2.05, 4.69) is 10.3 Å². The molecule has 0 spiro atoms.